The Labute approximate surface area is 135 Å². The SMILES string of the molecule is O=C(c1ncc(F)cc1F)N1Cc2cnnn2Cc2ccccc21. The Morgan fingerprint density at radius 1 is 1.12 bits per heavy atom. The molecule has 0 atom stereocenters. The highest BCUT2D eigenvalue weighted by Gasteiger charge is 2.28. The first-order chi connectivity index (χ1) is 11.6. The zero-order valence-corrected chi connectivity index (χ0v) is 12.4. The molecule has 3 aromatic rings. The molecular weight excluding hydrogens is 316 g/mol. The van der Waals surface area contributed by atoms with Gasteiger partial charge in [-0.15, -0.1) is 5.10 Å². The molecular formula is C16H11F2N5O. The number of anilines is 1. The summed E-state index contributed by atoms with van der Waals surface area (Å²) >= 11 is 0. The standard InChI is InChI=1S/C16H11F2N5O/c17-11-5-13(18)15(19-6-11)16(24)22-9-12-7-20-21-23(12)8-10-3-1-2-4-14(10)22/h1-7H,8-9H2. The number of amides is 1. The van der Waals surface area contributed by atoms with Crippen LogP contribution in [0.25, 0.3) is 0 Å². The van der Waals surface area contributed by atoms with E-state index in [1.807, 2.05) is 12.1 Å². The normalized spacial score (nSPS) is 13.2. The predicted octanol–water partition coefficient (Wildman–Crippen LogP) is 2.16. The minimum absolute atomic E-state index is 0.168. The molecule has 0 fully saturated rings. The number of carbonyl (C=O) groups is 1. The van der Waals surface area contributed by atoms with E-state index in [9.17, 15) is 13.6 Å². The van der Waals surface area contributed by atoms with Gasteiger partial charge in [-0.1, -0.05) is 23.4 Å². The molecule has 24 heavy (non-hydrogen) atoms. The molecule has 120 valence electrons. The van der Waals surface area contributed by atoms with E-state index in [1.165, 1.54) is 4.90 Å². The van der Waals surface area contributed by atoms with E-state index in [0.29, 0.717) is 24.0 Å². The average molecular weight is 327 g/mol. The van der Waals surface area contributed by atoms with Gasteiger partial charge in [0.2, 0.25) is 0 Å². The van der Waals surface area contributed by atoms with Gasteiger partial charge in [0, 0.05) is 11.8 Å². The molecule has 1 aliphatic heterocycles. The zero-order chi connectivity index (χ0) is 16.7. The van der Waals surface area contributed by atoms with E-state index >= 15 is 0 Å². The Morgan fingerprint density at radius 3 is 2.79 bits per heavy atom. The van der Waals surface area contributed by atoms with Crippen LogP contribution in [-0.2, 0) is 13.1 Å². The Morgan fingerprint density at radius 2 is 1.96 bits per heavy atom. The third kappa shape index (κ3) is 2.32. The number of aromatic nitrogens is 4. The van der Waals surface area contributed by atoms with Crippen molar-refractivity contribution in [2.24, 2.45) is 0 Å². The van der Waals surface area contributed by atoms with Crippen molar-refractivity contribution < 1.29 is 13.6 Å². The number of nitrogens with zero attached hydrogens (tertiary/aromatic N) is 5. The first-order valence-corrected chi connectivity index (χ1v) is 7.21. The van der Waals surface area contributed by atoms with Crippen LogP contribution in [0.2, 0.25) is 0 Å². The van der Waals surface area contributed by atoms with Gasteiger partial charge in [-0.25, -0.2) is 18.4 Å². The first kappa shape index (κ1) is 14.4. The maximum Gasteiger partial charge on any atom is 0.280 e. The van der Waals surface area contributed by atoms with Gasteiger partial charge in [0.1, 0.15) is 5.82 Å². The highest BCUT2D eigenvalue weighted by atomic mass is 19.1. The zero-order valence-electron chi connectivity index (χ0n) is 12.4. The quantitative estimate of drug-likeness (QED) is 0.687. The van der Waals surface area contributed by atoms with E-state index in [-0.39, 0.29) is 6.54 Å². The van der Waals surface area contributed by atoms with Gasteiger partial charge < -0.3 is 4.90 Å². The van der Waals surface area contributed by atoms with E-state index in [2.05, 4.69) is 15.3 Å². The molecule has 0 saturated carbocycles. The number of benzene rings is 1. The smallest absolute Gasteiger partial charge is 0.280 e. The lowest BCUT2D eigenvalue weighted by Gasteiger charge is -2.22. The van der Waals surface area contributed by atoms with Crippen molar-refractivity contribution in [2.75, 3.05) is 4.90 Å². The van der Waals surface area contributed by atoms with Gasteiger partial charge in [0.15, 0.2) is 11.5 Å². The maximum atomic E-state index is 14.0. The molecule has 1 aromatic carbocycles. The number of hydrogen-bond donors (Lipinski definition) is 0. The summed E-state index contributed by atoms with van der Waals surface area (Å²) in [5.74, 6) is -2.47. The van der Waals surface area contributed by atoms with Crippen LogP contribution in [0.1, 0.15) is 21.7 Å². The second kappa shape index (κ2) is 5.48. The monoisotopic (exact) mass is 327 g/mol. The van der Waals surface area contributed by atoms with Crippen LogP contribution in [0.5, 0.6) is 0 Å². The lowest BCUT2D eigenvalue weighted by molar-refractivity contribution is 0.0975. The van der Waals surface area contributed by atoms with Gasteiger partial charge in [-0.05, 0) is 11.6 Å². The molecule has 1 amide bonds. The molecule has 0 radical (unpaired) electrons. The molecule has 3 heterocycles. The van der Waals surface area contributed by atoms with Crippen LogP contribution in [-0.4, -0.2) is 25.9 Å². The summed E-state index contributed by atoms with van der Waals surface area (Å²) in [6.45, 7) is 0.621. The van der Waals surface area contributed by atoms with Crippen molar-refractivity contribution in [1.82, 2.24) is 20.0 Å². The Kier molecular flexibility index (Phi) is 3.30. The summed E-state index contributed by atoms with van der Waals surface area (Å²) in [7, 11) is 0. The summed E-state index contributed by atoms with van der Waals surface area (Å²) < 4.78 is 28.7. The van der Waals surface area contributed by atoms with Crippen LogP contribution in [0.3, 0.4) is 0 Å². The van der Waals surface area contributed by atoms with E-state index < -0.39 is 23.2 Å². The third-order valence-corrected chi connectivity index (χ3v) is 3.88. The van der Waals surface area contributed by atoms with Crippen molar-refractivity contribution in [2.45, 2.75) is 13.1 Å². The van der Waals surface area contributed by atoms with Gasteiger partial charge in [0.25, 0.3) is 5.91 Å². The first-order valence-electron chi connectivity index (χ1n) is 7.21. The molecule has 1 aliphatic rings. The summed E-state index contributed by atoms with van der Waals surface area (Å²) in [6.07, 6.45) is 2.38. The fourth-order valence-electron chi connectivity index (χ4n) is 2.73. The van der Waals surface area contributed by atoms with Gasteiger partial charge >= 0.3 is 0 Å². The molecule has 0 unspecified atom stereocenters. The van der Waals surface area contributed by atoms with Crippen molar-refractivity contribution in [3.63, 3.8) is 0 Å². The fraction of sp³-hybridized carbons (Fsp3) is 0.125. The van der Waals surface area contributed by atoms with Crippen molar-refractivity contribution >= 4 is 11.6 Å². The number of para-hydroxylation sites is 1. The minimum Gasteiger partial charge on any atom is -0.301 e. The number of halogens is 2. The van der Waals surface area contributed by atoms with Crippen LogP contribution in [0.4, 0.5) is 14.5 Å². The lowest BCUT2D eigenvalue weighted by atomic mass is 10.1. The fourth-order valence-corrected chi connectivity index (χ4v) is 2.73. The van der Waals surface area contributed by atoms with Gasteiger partial charge in [-0.3, -0.25) is 4.79 Å². The molecule has 0 spiro atoms. The summed E-state index contributed by atoms with van der Waals surface area (Å²) in [5.41, 5.74) is 1.77. The summed E-state index contributed by atoms with van der Waals surface area (Å²) in [6, 6.07) is 7.92. The van der Waals surface area contributed by atoms with Crippen LogP contribution < -0.4 is 4.90 Å². The van der Waals surface area contributed by atoms with E-state index in [4.69, 9.17) is 0 Å². The maximum absolute atomic E-state index is 14.0. The highest BCUT2D eigenvalue weighted by molar-refractivity contribution is 6.05. The number of carbonyl (C=O) groups excluding carboxylic acids is 1. The van der Waals surface area contributed by atoms with E-state index in [1.54, 1.807) is 23.0 Å². The van der Waals surface area contributed by atoms with Crippen LogP contribution in [0, 0.1) is 11.6 Å². The lowest BCUT2D eigenvalue weighted by Crippen LogP contribution is -2.32. The molecule has 6 nitrogen and oxygen atoms in total. The van der Waals surface area contributed by atoms with Crippen molar-refractivity contribution in [3.8, 4) is 0 Å². The predicted molar refractivity (Wildman–Crippen MR) is 80.2 cm³/mol. The molecule has 2 aromatic heterocycles. The van der Waals surface area contributed by atoms with Crippen LogP contribution in [0.15, 0.2) is 42.7 Å². The average Bonchev–Trinajstić information content (AvgIpc) is 2.93. The minimum atomic E-state index is -0.992. The second-order valence-corrected chi connectivity index (χ2v) is 5.39. The highest BCUT2D eigenvalue weighted by Crippen LogP contribution is 2.28. The number of fused-ring (bicyclic) bond motifs is 2. The molecule has 0 saturated heterocycles. The number of pyridine rings is 1. The molecule has 0 bridgehead atoms. The van der Waals surface area contributed by atoms with Crippen LogP contribution >= 0.6 is 0 Å². The summed E-state index contributed by atoms with van der Waals surface area (Å²) in [4.78, 5) is 17.9. The molecule has 0 N–H and O–H groups in total. The Bertz CT molecular complexity index is 940. The largest absolute Gasteiger partial charge is 0.301 e. The Hall–Kier alpha value is -3.16. The Balaban J connectivity index is 1.83. The molecule has 0 aliphatic carbocycles. The van der Waals surface area contributed by atoms with Gasteiger partial charge in [0.05, 0.1) is 31.2 Å². The third-order valence-electron chi connectivity index (χ3n) is 3.88. The summed E-state index contributed by atoms with van der Waals surface area (Å²) in [5, 5.41) is 7.85. The molecule has 8 heteroatoms. The molecule has 4 rings (SSSR count). The van der Waals surface area contributed by atoms with Crippen molar-refractivity contribution in [1.29, 1.82) is 0 Å². The topological polar surface area (TPSA) is 63.9 Å². The second-order valence-electron chi connectivity index (χ2n) is 5.39. The number of hydrogen-bond acceptors (Lipinski definition) is 4. The van der Waals surface area contributed by atoms with Crippen molar-refractivity contribution in [3.05, 3.63) is 71.3 Å². The number of rotatable bonds is 1. The van der Waals surface area contributed by atoms with E-state index in [0.717, 1.165) is 11.8 Å². The van der Waals surface area contributed by atoms with Gasteiger partial charge in [-0.2, -0.15) is 0 Å².